The zero-order valence-corrected chi connectivity index (χ0v) is 22.9. The van der Waals surface area contributed by atoms with E-state index in [0.717, 1.165) is 11.1 Å². The summed E-state index contributed by atoms with van der Waals surface area (Å²) in [5, 5.41) is 22.9. The molecule has 210 valence electrons. The number of benzene rings is 4. The number of aromatic hydroxyl groups is 1. The number of aromatic amines is 1. The van der Waals surface area contributed by atoms with Crippen LogP contribution in [0.5, 0.6) is 5.88 Å². The number of H-pyrrole nitrogens is 1. The molecule has 1 amide bonds. The zero-order chi connectivity index (χ0) is 29.6. The minimum absolute atomic E-state index is 0.0652. The van der Waals surface area contributed by atoms with Gasteiger partial charge in [-0.15, -0.1) is 0 Å². The van der Waals surface area contributed by atoms with E-state index >= 15 is 0 Å². The van der Waals surface area contributed by atoms with Crippen molar-refractivity contribution in [1.82, 2.24) is 4.98 Å². The standard InChI is InChI=1S/C34H29N3O5/c1-21-6-2-3-10-27(21)33(41)36-26-9-5-8-23(18-26)32(40)24-14-17-28-29(34(42)37-30(28)19-24)20-35-25-15-12-22(13-16-25)7-4-11-31(38)39/h2-3,5-6,8-10,12-20,37,42H,4,7,11H2,1H3,(H,36,41)(H,38,39). The van der Waals surface area contributed by atoms with Crippen LogP contribution in [-0.2, 0) is 11.2 Å². The SMILES string of the molecule is Cc1ccccc1C(=O)Nc1cccc(C(=O)c2ccc3c(C=Nc4ccc(CCCC(=O)O)cc4)c(O)[nH]c3c2)c1. The van der Waals surface area contributed by atoms with Gasteiger partial charge in [0.15, 0.2) is 11.7 Å². The van der Waals surface area contributed by atoms with Crippen LogP contribution in [0.1, 0.15) is 55.8 Å². The normalized spacial score (nSPS) is 11.2. The predicted molar refractivity (Wildman–Crippen MR) is 163 cm³/mol. The van der Waals surface area contributed by atoms with Gasteiger partial charge in [0.1, 0.15) is 0 Å². The molecule has 1 aromatic heterocycles. The van der Waals surface area contributed by atoms with Crippen molar-refractivity contribution < 1.29 is 24.6 Å². The summed E-state index contributed by atoms with van der Waals surface area (Å²) in [6.07, 6.45) is 2.94. The summed E-state index contributed by atoms with van der Waals surface area (Å²) in [6.45, 7) is 1.87. The molecular weight excluding hydrogens is 530 g/mol. The fraction of sp³-hybridized carbons (Fsp3) is 0.118. The van der Waals surface area contributed by atoms with Crippen LogP contribution in [0.2, 0.25) is 0 Å². The maximum absolute atomic E-state index is 13.3. The average molecular weight is 560 g/mol. The van der Waals surface area contributed by atoms with Gasteiger partial charge >= 0.3 is 5.97 Å². The number of carbonyl (C=O) groups is 3. The monoisotopic (exact) mass is 559 g/mol. The number of hydrogen-bond acceptors (Lipinski definition) is 5. The van der Waals surface area contributed by atoms with Crippen molar-refractivity contribution in [1.29, 1.82) is 0 Å². The summed E-state index contributed by atoms with van der Waals surface area (Å²) in [5.41, 5.74) is 5.57. The second kappa shape index (κ2) is 12.3. The van der Waals surface area contributed by atoms with E-state index in [1.54, 1.807) is 60.8 Å². The van der Waals surface area contributed by atoms with Gasteiger partial charge in [-0.1, -0.05) is 54.6 Å². The molecule has 1 heterocycles. The van der Waals surface area contributed by atoms with Crippen LogP contribution in [0.3, 0.4) is 0 Å². The van der Waals surface area contributed by atoms with Gasteiger partial charge in [-0.3, -0.25) is 19.4 Å². The van der Waals surface area contributed by atoms with E-state index in [4.69, 9.17) is 5.11 Å². The molecule has 0 atom stereocenters. The molecule has 0 aliphatic heterocycles. The van der Waals surface area contributed by atoms with E-state index in [2.05, 4.69) is 15.3 Å². The van der Waals surface area contributed by atoms with Gasteiger partial charge in [-0.05, 0) is 67.3 Å². The number of carbonyl (C=O) groups excluding carboxylic acids is 2. The number of nitrogens with one attached hydrogen (secondary N) is 2. The molecule has 0 saturated heterocycles. The number of fused-ring (bicyclic) bond motifs is 1. The minimum Gasteiger partial charge on any atom is -0.494 e. The lowest BCUT2D eigenvalue weighted by Crippen LogP contribution is -2.13. The van der Waals surface area contributed by atoms with Crippen LogP contribution in [0.25, 0.3) is 10.9 Å². The third kappa shape index (κ3) is 6.45. The number of aliphatic carboxylic acids is 1. The van der Waals surface area contributed by atoms with Crippen LogP contribution < -0.4 is 5.32 Å². The van der Waals surface area contributed by atoms with E-state index < -0.39 is 5.97 Å². The van der Waals surface area contributed by atoms with Gasteiger partial charge in [0.05, 0.1) is 11.3 Å². The number of carboxylic acid groups (broad SMARTS) is 1. The molecule has 5 aromatic rings. The first-order valence-corrected chi connectivity index (χ1v) is 13.5. The zero-order valence-electron chi connectivity index (χ0n) is 22.9. The maximum Gasteiger partial charge on any atom is 0.303 e. The minimum atomic E-state index is -0.806. The number of anilines is 1. The summed E-state index contributed by atoms with van der Waals surface area (Å²) in [5.74, 6) is -1.34. The molecule has 0 radical (unpaired) electrons. The summed E-state index contributed by atoms with van der Waals surface area (Å²) in [7, 11) is 0. The molecule has 0 unspecified atom stereocenters. The summed E-state index contributed by atoms with van der Waals surface area (Å²) < 4.78 is 0. The first-order valence-electron chi connectivity index (χ1n) is 13.5. The molecular formula is C34H29N3O5. The van der Waals surface area contributed by atoms with Crippen molar-refractivity contribution >= 4 is 46.2 Å². The van der Waals surface area contributed by atoms with E-state index in [9.17, 15) is 19.5 Å². The second-order valence-electron chi connectivity index (χ2n) is 10.00. The molecule has 8 heteroatoms. The Morgan fingerprint density at radius 1 is 0.905 bits per heavy atom. The fourth-order valence-corrected chi connectivity index (χ4v) is 4.74. The molecule has 0 saturated carbocycles. The van der Waals surface area contributed by atoms with Crippen LogP contribution >= 0.6 is 0 Å². The highest BCUT2D eigenvalue weighted by Crippen LogP contribution is 2.28. The maximum atomic E-state index is 13.3. The Kier molecular flexibility index (Phi) is 8.24. The number of carboxylic acids is 1. The van der Waals surface area contributed by atoms with Crippen LogP contribution in [0.4, 0.5) is 11.4 Å². The summed E-state index contributed by atoms with van der Waals surface area (Å²) >= 11 is 0. The average Bonchev–Trinajstić information content (AvgIpc) is 3.30. The number of rotatable bonds is 10. The fourth-order valence-electron chi connectivity index (χ4n) is 4.74. The molecule has 0 aliphatic rings. The molecule has 0 fully saturated rings. The molecule has 0 bridgehead atoms. The van der Waals surface area contributed by atoms with Crippen molar-refractivity contribution in [2.45, 2.75) is 26.2 Å². The van der Waals surface area contributed by atoms with E-state index in [-0.39, 0.29) is 24.0 Å². The van der Waals surface area contributed by atoms with E-state index in [1.165, 1.54) is 0 Å². The lowest BCUT2D eigenvalue weighted by Gasteiger charge is -2.09. The van der Waals surface area contributed by atoms with Crippen molar-refractivity contribution in [2.24, 2.45) is 4.99 Å². The number of nitrogens with zero attached hydrogens (tertiary/aromatic N) is 1. The van der Waals surface area contributed by atoms with Gasteiger partial charge in [-0.25, -0.2) is 0 Å². The number of aryl methyl sites for hydroxylation is 2. The van der Waals surface area contributed by atoms with Gasteiger partial charge < -0.3 is 20.5 Å². The van der Waals surface area contributed by atoms with Crippen molar-refractivity contribution in [3.63, 3.8) is 0 Å². The Hall–Kier alpha value is -5.50. The molecule has 4 N–H and O–H groups in total. The Morgan fingerprint density at radius 2 is 1.67 bits per heavy atom. The van der Waals surface area contributed by atoms with Gasteiger partial charge in [0.2, 0.25) is 0 Å². The van der Waals surface area contributed by atoms with Crippen LogP contribution in [-0.4, -0.2) is 39.1 Å². The predicted octanol–water partition coefficient (Wildman–Crippen LogP) is 6.82. The highest BCUT2D eigenvalue weighted by atomic mass is 16.4. The molecule has 0 spiro atoms. The van der Waals surface area contributed by atoms with Crippen molar-refractivity contribution in [2.75, 3.05) is 5.32 Å². The Labute approximate surface area is 242 Å². The van der Waals surface area contributed by atoms with Crippen LogP contribution in [0, 0.1) is 6.92 Å². The first kappa shape index (κ1) is 28.0. The van der Waals surface area contributed by atoms with Gasteiger partial charge in [0, 0.05) is 45.9 Å². The van der Waals surface area contributed by atoms with Crippen molar-refractivity contribution in [3.05, 3.63) is 124 Å². The molecule has 5 rings (SSSR count). The largest absolute Gasteiger partial charge is 0.494 e. The Balaban J connectivity index is 1.30. The quantitative estimate of drug-likeness (QED) is 0.110. The number of hydrogen-bond donors (Lipinski definition) is 4. The second-order valence-corrected chi connectivity index (χ2v) is 10.00. The smallest absolute Gasteiger partial charge is 0.303 e. The molecule has 42 heavy (non-hydrogen) atoms. The lowest BCUT2D eigenvalue weighted by atomic mass is 10.0. The number of aromatic nitrogens is 1. The first-order chi connectivity index (χ1) is 20.3. The van der Waals surface area contributed by atoms with Crippen molar-refractivity contribution in [3.8, 4) is 5.88 Å². The Morgan fingerprint density at radius 3 is 2.43 bits per heavy atom. The molecule has 4 aromatic carbocycles. The van der Waals surface area contributed by atoms with Gasteiger partial charge in [0.25, 0.3) is 5.91 Å². The third-order valence-corrected chi connectivity index (χ3v) is 6.99. The topological polar surface area (TPSA) is 132 Å². The highest BCUT2D eigenvalue weighted by Gasteiger charge is 2.15. The molecule has 8 nitrogen and oxygen atoms in total. The van der Waals surface area contributed by atoms with E-state index in [1.807, 2.05) is 43.3 Å². The van der Waals surface area contributed by atoms with Crippen LogP contribution in [0.15, 0.2) is 96.0 Å². The third-order valence-electron chi connectivity index (χ3n) is 6.99. The van der Waals surface area contributed by atoms with E-state index in [0.29, 0.717) is 57.4 Å². The number of ketones is 1. The number of amides is 1. The summed E-state index contributed by atoms with van der Waals surface area (Å²) in [6, 6.07) is 26.7. The summed E-state index contributed by atoms with van der Waals surface area (Å²) in [4.78, 5) is 44.2. The van der Waals surface area contributed by atoms with Gasteiger partial charge in [-0.2, -0.15) is 0 Å². The number of aliphatic imine (C=N–C) groups is 1. The lowest BCUT2D eigenvalue weighted by molar-refractivity contribution is -0.137. The Bertz CT molecular complexity index is 1820. The highest BCUT2D eigenvalue weighted by molar-refractivity contribution is 6.13. The molecule has 0 aliphatic carbocycles.